The number of likely N-dealkylation sites (N-methyl/N-ethyl adjacent to an activating group) is 1. The van der Waals surface area contributed by atoms with E-state index in [0.29, 0.717) is 29.8 Å². The minimum absolute atomic E-state index is 0.0742. The zero-order valence-electron chi connectivity index (χ0n) is 13.8. The number of aromatic nitrogens is 3. The smallest absolute Gasteiger partial charge is 0.253 e. The molecule has 0 radical (unpaired) electrons. The normalized spacial score (nSPS) is 18.4. The van der Waals surface area contributed by atoms with Gasteiger partial charge in [0.05, 0.1) is 6.10 Å². The van der Waals surface area contributed by atoms with Gasteiger partial charge < -0.3 is 10.0 Å². The number of aromatic amines is 1. The number of carbonyl (C=O) groups is 1. The van der Waals surface area contributed by atoms with Crippen LogP contribution < -0.4 is 0 Å². The first-order valence-corrected chi connectivity index (χ1v) is 8.58. The van der Waals surface area contributed by atoms with Gasteiger partial charge in [-0.2, -0.15) is 5.10 Å². The molecule has 0 aliphatic heterocycles. The fourth-order valence-electron chi connectivity index (χ4n) is 2.92. The van der Waals surface area contributed by atoms with E-state index >= 15 is 0 Å². The molecule has 2 aliphatic carbocycles. The van der Waals surface area contributed by atoms with Crippen molar-refractivity contribution in [2.24, 2.45) is 5.92 Å². The van der Waals surface area contributed by atoms with Gasteiger partial charge in [0.1, 0.15) is 5.82 Å². The molecule has 1 aromatic heterocycles. The highest BCUT2D eigenvalue weighted by molar-refractivity contribution is 5.94. The van der Waals surface area contributed by atoms with E-state index in [2.05, 4.69) is 15.2 Å². The summed E-state index contributed by atoms with van der Waals surface area (Å²) >= 11 is 0. The van der Waals surface area contributed by atoms with Crippen LogP contribution in [0.15, 0.2) is 24.3 Å². The fourth-order valence-corrected chi connectivity index (χ4v) is 2.92. The van der Waals surface area contributed by atoms with E-state index in [-0.39, 0.29) is 5.91 Å². The second-order valence-electron chi connectivity index (χ2n) is 6.99. The van der Waals surface area contributed by atoms with Crippen molar-refractivity contribution in [1.29, 1.82) is 0 Å². The summed E-state index contributed by atoms with van der Waals surface area (Å²) in [7, 11) is 1.74. The number of carbonyl (C=O) groups excluding carboxylic acids is 1. The van der Waals surface area contributed by atoms with Crippen molar-refractivity contribution >= 4 is 5.91 Å². The maximum Gasteiger partial charge on any atom is 0.253 e. The average molecular weight is 326 g/mol. The highest BCUT2D eigenvalue weighted by Gasteiger charge is 2.31. The molecule has 2 N–H and O–H groups in total. The first kappa shape index (κ1) is 15.3. The standard InChI is InChI=1S/C18H22N4O2/c1-22(10-15(23)11-2-3-11)18(24)14-8-6-13(7-9-14)17-19-16(20-21-17)12-4-5-12/h6-9,11-12,15,23H,2-5,10H2,1H3,(H,19,20,21)/t15-/m0/s1. The lowest BCUT2D eigenvalue weighted by atomic mass is 10.1. The third-order valence-electron chi connectivity index (χ3n) is 4.83. The molecule has 1 aromatic carbocycles. The van der Waals surface area contributed by atoms with Crippen molar-refractivity contribution in [2.45, 2.75) is 37.7 Å². The van der Waals surface area contributed by atoms with Gasteiger partial charge in [-0.1, -0.05) is 12.1 Å². The SMILES string of the molecule is CN(C[C@H](O)C1CC1)C(=O)c1ccc(-c2n[nH]c(C3CC3)n2)cc1. The Morgan fingerprint density at radius 2 is 2.00 bits per heavy atom. The summed E-state index contributed by atoms with van der Waals surface area (Å²) < 4.78 is 0. The minimum atomic E-state index is -0.410. The molecule has 2 aromatic rings. The van der Waals surface area contributed by atoms with E-state index in [1.807, 2.05) is 12.1 Å². The Kier molecular flexibility index (Phi) is 3.84. The lowest BCUT2D eigenvalue weighted by Gasteiger charge is -2.20. The number of aliphatic hydroxyl groups is 1. The van der Waals surface area contributed by atoms with E-state index in [0.717, 1.165) is 24.2 Å². The lowest BCUT2D eigenvalue weighted by molar-refractivity contribution is 0.0645. The molecular formula is C18H22N4O2. The molecule has 2 saturated carbocycles. The zero-order chi connectivity index (χ0) is 16.7. The number of amides is 1. The molecule has 6 nitrogen and oxygen atoms in total. The molecule has 0 unspecified atom stereocenters. The van der Waals surface area contributed by atoms with Crippen LogP contribution in [-0.2, 0) is 0 Å². The second-order valence-corrected chi connectivity index (χ2v) is 6.99. The molecule has 1 amide bonds. The van der Waals surface area contributed by atoms with Crippen molar-refractivity contribution < 1.29 is 9.90 Å². The van der Waals surface area contributed by atoms with Crippen LogP contribution in [0.25, 0.3) is 11.4 Å². The lowest BCUT2D eigenvalue weighted by Crippen LogP contribution is -2.35. The van der Waals surface area contributed by atoms with E-state index in [9.17, 15) is 9.90 Å². The number of rotatable bonds is 6. The van der Waals surface area contributed by atoms with Crippen LogP contribution in [0.1, 0.15) is 47.8 Å². The maximum atomic E-state index is 12.5. The van der Waals surface area contributed by atoms with Crippen molar-refractivity contribution in [3.8, 4) is 11.4 Å². The summed E-state index contributed by atoms with van der Waals surface area (Å²) in [6, 6.07) is 7.34. The first-order chi connectivity index (χ1) is 11.6. The molecule has 126 valence electrons. The van der Waals surface area contributed by atoms with Crippen LogP contribution in [0.4, 0.5) is 0 Å². The molecule has 6 heteroatoms. The highest BCUT2D eigenvalue weighted by Crippen LogP contribution is 2.38. The van der Waals surface area contributed by atoms with Gasteiger partial charge in [-0.05, 0) is 43.7 Å². The Bertz CT molecular complexity index is 732. The molecule has 1 atom stereocenters. The quantitative estimate of drug-likeness (QED) is 0.852. The molecular weight excluding hydrogens is 304 g/mol. The summed E-state index contributed by atoms with van der Waals surface area (Å²) in [5.41, 5.74) is 1.51. The Balaban J connectivity index is 1.42. The molecule has 4 rings (SSSR count). The largest absolute Gasteiger partial charge is 0.391 e. The van der Waals surface area contributed by atoms with Gasteiger partial charge in [0.15, 0.2) is 5.82 Å². The summed E-state index contributed by atoms with van der Waals surface area (Å²) in [6.07, 6.45) is 4.09. The van der Waals surface area contributed by atoms with Crippen LogP contribution in [0, 0.1) is 5.92 Å². The molecule has 1 heterocycles. The van der Waals surface area contributed by atoms with Gasteiger partial charge in [0, 0.05) is 30.6 Å². The van der Waals surface area contributed by atoms with Gasteiger partial charge >= 0.3 is 0 Å². The molecule has 0 spiro atoms. The van der Waals surface area contributed by atoms with Gasteiger partial charge in [0.25, 0.3) is 5.91 Å². The Morgan fingerprint density at radius 3 is 2.62 bits per heavy atom. The topological polar surface area (TPSA) is 82.1 Å². The summed E-state index contributed by atoms with van der Waals surface area (Å²) in [6.45, 7) is 0.386. The number of H-pyrrole nitrogens is 1. The van der Waals surface area contributed by atoms with Crippen LogP contribution in [-0.4, -0.2) is 50.8 Å². The minimum Gasteiger partial charge on any atom is -0.391 e. The van der Waals surface area contributed by atoms with Crippen molar-refractivity contribution in [1.82, 2.24) is 20.1 Å². The first-order valence-electron chi connectivity index (χ1n) is 8.58. The van der Waals surface area contributed by atoms with Crippen LogP contribution >= 0.6 is 0 Å². The molecule has 2 fully saturated rings. The molecule has 2 aliphatic rings. The van der Waals surface area contributed by atoms with Gasteiger partial charge in [-0.15, -0.1) is 0 Å². The van der Waals surface area contributed by atoms with Crippen LogP contribution in [0.5, 0.6) is 0 Å². The third-order valence-corrected chi connectivity index (χ3v) is 4.83. The van der Waals surface area contributed by atoms with Gasteiger partial charge in [-0.3, -0.25) is 9.89 Å². The second kappa shape index (κ2) is 6.02. The van der Waals surface area contributed by atoms with Crippen molar-refractivity contribution in [3.63, 3.8) is 0 Å². The Morgan fingerprint density at radius 1 is 1.29 bits per heavy atom. The number of aliphatic hydroxyl groups excluding tert-OH is 1. The van der Waals surface area contributed by atoms with E-state index in [4.69, 9.17) is 0 Å². The summed E-state index contributed by atoms with van der Waals surface area (Å²) in [5.74, 6) is 2.47. The number of nitrogens with zero attached hydrogens (tertiary/aromatic N) is 3. The van der Waals surface area contributed by atoms with Crippen molar-refractivity contribution in [2.75, 3.05) is 13.6 Å². The fraction of sp³-hybridized carbons (Fsp3) is 0.500. The van der Waals surface area contributed by atoms with Crippen molar-refractivity contribution in [3.05, 3.63) is 35.7 Å². The Labute approximate surface area is 140 Å². The van der Waals surface area contributed by atoms with Crippen LogP contribution in [0.3, 0.4) is 0 Å². The number of hydrogen-bond donors (Lipinski definition) is 2. The third kappa shape index (κ3) is 3.19. The molecule has 0 bridgehead atoms. The summed E-state index contributed by atoms with van der Waals surface area (Å²) in [5, 5.41) is 17.2. The number of benzene rings is 1. The predicted molar refractivity (Wildman–Crippen MR) is 89.5 cm³/mol. The van der Waals surface area contributed by atoms with Crippen LogP contribution in [0.2, 0.25) is 0 Å². The van der Waals surface area contributed by atoms with E-state index < -0.39 is 6.10 Å². The van der Waals surface area contributed by atoms with E-state index in [1.165, 1.54) is 12.8 Å². The van der Waals surface area contributed by atoms with E-state index in [1.54, 1.807) is 24.1 Å². The Hall–Kier alpha value is -2.21. The highest BCUT2D eigenvalue weighted by atomic mass is 16.3. The monoisotopic (exact) mass is 326 g/mol. The van der Waals surface area contributed by atoms with Gasteiger partial charge in [0.2, 0.25) is 0 Å². The average Bonchev–Trinajstić information content (AvgIpc) is 3.52. The maximum absolute atomic E-state index is 12.5. The predicted octanol–water partition coefficient (Wildman–Crippen LogP) is 2.19. The zero-order valence-corrected chi connectivity index (χ0v) is 13.8. The molecule has 24 heavy (non-hydrogen) atoms. The summed E-state index contributed by atoms with van der Waals surface area (Å²) in [4.78, 5) is 18.6. The number of nitrogens with one attached hydrogen (secondary N) is 1. The number of hydrogen-bond acceptors (Lipinski definition) is 4. The molecule has 0 saturated heterocycles. The van der Waals surface area contributed by atoms with Gasteiger partial charge in [-0.25, -0.2) is 4.98 Å².